The average Bonchev–Trinajstić information content (AvgIpc) is 2.30. The predicted molar refractivity (Wildman–Crippen MR) is 60.5 cm³/mol. The summed E-state index contributed by atoms with van der Waals surface area (Å²) in [6.07, 6.45) is 1.58. The van der Waals surface area contributed by atoms with Gasteiger partial charge in [0.1, 0.15) is 0 Å². The van der Waals surface area contributed by atoms with E-state index in [0.717, 1.165) is 16.7 Å². The number of aromatic nitrogens is 1. The van der Waals surface area contributed by atoms with Gasteiger partial charge in [-0.1, -0.05) is 24.3 Å². The van der Waals surface area contributed by atoms with Crippen molar-refractivity contribution in [1.29, 1.82) is 0 Å². The minimum absolute atomic E-state index is 0.0124. The zero-order chi connectivity index (χ0) is 11.4. The van der Waals surface area contributed by atoms with Gasteiger partial charge in [-0.2, -0.15) is 0 Å². The molecule has 82 valence electrons. The van der Waals surface area contributed by atoms with Crippen LogP contribution < -0.4 is 0 Å². The topological polar surface area (TPSA) is 33.1 Å². The molecule has 2 nitrogen and oxygen atoms in total. The highest BCUT2D eigenvalue weighted by Gasteiger charge is 2.08. The van der Waals surface area contributed by atoms with Crippen LogP contribution in [0, 0.1) is 0 Å². The lowest BCUT2D eigenvalue weighted by atomic mass is 9.99. The van der Waals surface area contributed by atoms with Gasteiger partial charge in [-0.05, 0) is 28.8 Å². The normalized spacial score (nSPS) is 12.4. The number of hydrogen-bond acceptors (Lipinski definition) is 2. The third-order valence-electron chi connectivity index (χ3n) is 2.40. The molecule has 0 bridgehead atoms. The summed E-state index contributed by atoms with van der Waals surface area (Å²) in [6, 6.07) is 11.2. The number of halogens is 1. The third-order valence-corrected chi connectivity index (χ3v) is 2.40. The fourth-order valence-electron chi connectivity index (χ4n) is 1.69. The molecule has 0 spiro atoms. The van der Waals surface area contributed by atoms with E-state index in [2.05, 4.69) is 4.98 Å². The van der Waals surface area contributed by atoms with Gasteiger partial charge < -0.3 is 5.11 Å². The van der Waals surface area contributed by atoms with Gasteiger partial charge in [0.05, 0.1) is 0 Å². The predicted octanol–water partition coefficient (Wildman–Crippen LogP) is 2.58. The van der Waals surface area contributed by atoms with Crippen molar-refractivity contribution in [3.05, 3.63) is 54.4 Å². The molecule has 1 atom stereocenters. The first-order chi connectivity index (χ1) is 7.77. The Morgan fingerprint density at radius 3 is 2.50 bits per heavy atom. The molecule has 1 unspecified atom stereocenters. The van der Waals surface area contributed by atoms with Crippen LogP contribution in [-0.2, 0) is 6.42 Å². The molecule has 2 aromatic rings. The summed E-state index contributed by atoms with van der Waals surface area (Å²) in [7, 11) is 0. The monoisotopic (exact) mass is 217 g/mol. The molecule has 1 heterocycles. The Labute approximate surface area is 93.4 Å². The summed E-state index contributed by atoms with van der Waals surface area (Å²) in [5.41, 5.74) is 2.71. The summed E-state index contributed by atoms with van der Waals surface area (Å²) in [4.78, 5) is 3.94. The average molecular weight is 217 g/mol. The van der Waals surface area contributed by atoms with Crippen LogP contribution in [0.15, 0.2) is 48.8 Å². The molecule has 3 heteroatoms. The van der Waals surface area contributed by atoms with Gasteiger partial charge in [0, 0.05) is 18.8 Å². The Balaban J connectivity index is 2.41. The summed E-state index contributed by atoms with van der Waals surface area (Å²) in [6.45, 7) is 0. The molecule has 0 radical (unpaired) electrons. The molecule has 2 rings (SSSR count). The van der Waals surface area contributed by atoms with Crippen molar-refractivity contribution in [1.82, 2.24) is 4.98 Å². The zero-order valence-electron chi connectivity index (χ0n) is 8.68. The van der Waals surface area contributed by atoms with Crippen molar-refractivity contribution >= 4 is 0 Å². The van der Waals surface area contributed by atoms with Crippen LogP contribution in [0.25, 0.3) is 11.1 Å². The van der Waals surface area contributed by atoms with Crippen molar-refractivity contribution < 1.29 is 9.50 Å². The van der Waals surface area contributed by atoms with Crippen LogP contribution in [0.1, 0.15) is 5.56 Å². The maximum atomic E-state index is 12.6. The van der Waals surface area contributed by atoms with Crippen molar-refractivity contribution in [3.63, 3.8) is 0 Å². The van der Waals surface area contributed by atoms with Gasteiger partial charge in [0.2, 0.25) is 0 Å². The second-order valence-corrected chi connectivity index (χ2v) is 3.53. The van der Waals surface area contributed by atoms with Crippen LogP contribution in [0.5, 0.6) is 0 Å². The molecule has 0 aliphatic carbocycles. The van der Waals surface area contributed by atoms with Crippen molar-refractivity contribution in [3.8, 4) is 11.1 Å². The first-order valence-electron chi connectivity index (χ1n) is 5.08. The molecule has 1 aromatic heterocycles. The fraction of sp³-hybridized carbons (Fsp3) is 0.154. The first kappa shape index (κ1) is 10.8. The van der Waals surface area contributed by atoms with Gasteiger partial charge in [-0.25, -0.2) is 4.39 Å². The Morgan fingerprint density at radius 1 is 1.12 bits per heavy atom. The number of hydrogen-bond donors (Lipinski definition) is 1. The third kappa shape index (κ3) is 2.44. The number of nitrogens with zero attached hydrogens (tertiary/aromatic N) is 1. The number of pyridine rings is 1. The van der Waals surface area contributed by atoms with Crippen molar-refractivity contribution in [2.75, 3.05) is 0 Å². The van der Waals surface area contributed by atoms with Gasteiger partial charge in [-0.3, -0.25) is 4.98 Å². The second kappa shape index (κ2) is 4.86. The second-order valence-electron chi connectivity index (χ2n) is 3.53. The van der Waals surface area contributed by atoms with Crippen LogP contribution >= 0.6 is 0 Å². The van der Waals surface area contributed by atoms with E-state index in [-0.39, 0.29) is 6.42 Å². The number of rotatable bonds is 3. The molecule has 0 saturated heterocycles. The van der Waals surface area contributed by atoms with Gasteiger partial charge in [0.25, 0.3) is 0 Å². The lowest BCUT2D eigenvalue weighted by molar-refractivity contribution is 0.0431. The van der Waals surface area contributed by atoms with E-state index < -0.39 is 6.36 Å². The quantitative estimate of drug-likeness (QED) is 0.857. The maximum absolute atomic E-state index is 12.6. The van der Waals surface area contributed by atoms with E-state index in [4.69, 9.17) is 5.11 Å². The van der Waals surface area contributed by atoms with Gasteiger partial charge in [-0.15, -0.1) is 0 Å². The van der Waals surface area contributed by atoms with Crippen LogP contribution in [0.4, 0.5) is 4.39 Å². The largest absolute Gasteiger partial charge is 0.364 e. The van der Waals surface area contributed by atoms with Crippen LogP contribution in [-0.4, -0.2) is 16.4 Å². The SMILES string of the molecule is OC(F)Cc1ccccc1-c1ccncc1. The number of aliphatic hydroxyl groups excluding tert-OH is 1. The smallest absolute Gasteiger partial charge is 0.200 e. The first-order valence-corrected chi connectivity index (χ1v) is 5.08. The minimum atomic E-state index is -1.82. The van der Waals surface area contributed by atoms with Gasteiger partial charge >= 0.3 is 0 Å². The van der Waals surface area contributed by atoms with Crippen LogP contribution in [0.2, 0.25) is 0 Å². The fourth-order valence-corrected chi connectivity index (χ4v) is 1.69. The maximum Gasteiger partial charge on any atom is 0.200 e. The Kier molecular flexibility index (Phi) is 3.27. The molecular formula is C13H12FNO. The van der Waals surface area contributed by atoms with E-state index in [9.17, 15) is 4.39 Å². The highest BCUT2D eigenvalue weighted by molar-refractivity contribution is 5.66. The minimum Gasteiger partial charge on any atom is -0.364 e. The summed E-state index contributed by atoms with van der Waals surface area (Å²) < 4.78 is 12.6. The molecular weight excluding hydrogens is 205 g/mol. The molecule has 0 amide bonds. The summed E-state index contributed by atoms with van der Waals surface area (Å²) in [5, 5.41) is 8.80. The Hall–Kier alpha value is -1.74. The highest BCUT2D eigenvalue weighted by Crippen LogP contribution is 2.24. The number of benzene rings is 1. The standard InChI is InChI=1S/C13H12FNO/c14-13(16)9-11-3-1-2-4-12(11)10-5-7-15-8-6-10/h1-8,13,16H,9H2. The van der Waals surface area contributed by atoms with Crippen molar-refractivity contribution in [2.45, 2.75) is 12.8 Å². The van der Waals surface area contributed by atoms with E-state index in [1.165, 1.54) is 0 Å². The molecule has 1 N–H and O–H groups in total. The number of aliphatic hydroxyl groups is 1. The molecule has 0 fully saturated rings. The van der Waals surface area contributed by atoms with E-state index in [1.807, 2.05) is 36.4 Å². The molecule has 0 aliphatic rings. The lowest BCUT2D eigenvalue weighted by Gasteiger charge is -2.09. The Morgan fingerprint density at radius 2 is 1.81 bits per heavy atom. The van der Waals surface area contributed by atoms with E-state index in [0.29, 0.717) is 0 Å². The summed E-state index contributed by atoms with van der Waals surface area (Å²) >= 11 is 0. The van der Waals surface area contributed by atoms with Crippen molar-refractivity contribution in [2.24, 2.45) is 0 Å². The molecule has 1 aromatic carbocycles. The lowest BCUT2D eigenvalue weighted by Crippen LogP contribution is -2.03. The molecule has 0 aliphatic heterocycles. The molecule has 0 saturated carbocycles. The molecule has 16 heavy (non-hydrogen) atoms. The van der Waals surface area contributed by atoms with Crippen LogP contribution in [0.3, 0.4) is 0 Å². The van der Waals surface area contributed by atoms with Gasteiger partial charge in [0.15, 0.2) is 6.36 Å². The van der Waals surface area contributed by atoms with E-state index in [1.54, 1.807) is 12.4 Å². The summed E-state index contributed by atoms with van der Waals surface area (Å²) in [5.74, 6) is 0. The Bertz CT molecular complexity index is 456. The van der Waals surface area contributed by atoms with E-state index >= 15 is 0 Å². The number of alkyl halides is 1. The highest BCUT2D eigenvalue weighted by atomic mass is 19.1. The zero-order valence-corrected chi connectivity index (χ0v) is 8.68.